The highest BCUT2D eigenvalue weighted by molar-refractivity contribution is 5.89. The monoisotopic (exact) mass is 183 g/mol. The van der Waals surface area contributed by atoms with Crippen LogP contribution in [0.25, 0.3) is 0 Å². The Balaban J connectivity index is 2.36. The first kappa shape index (κ1) is 9.73. The van der Waals surface area contributed by atoms with E-state index in [1.165, 1.54) is 0 Å². The number of nitrogens with one attached hydrogen (secondary N) is 2. The molecule has 5 heteroatoms. The second kappa shape index (κ2) is 4.61. The highest BCUT2D eigenvalue weighted by Gasteiger charge is 2.03. The molecule has 0 radical (unpaired) electrons. The van der Waals surface area contributed by atoms with Crippen LogP contribution in [0.2, 0.25) is 0 Å². The molecule has 0 atom stereocenters. The maximum absolute atomic E-state index is 11.1. The number of carbonyl (C=O) groups excluding carboxylic acids is 1. The second-order valence-corrected chi connectivity index (χ2v) is 2.81. The Hall–Kier alpha value is -1.36. The van der Waals surface area contributed by atoms with Gasteiger partial charge in [-0.1, -0.05) is 0 Å². The second-order valence-electron chi connectivity index (χ2n) is 2.81. The van der Waals surface area contributed by atoms with Crippen LogP contribution in [0.4, 0.5) is 5.82 Å². The smallest absolute Gasteiger partial charge is 0.225 e. The molecule has 0 fully saturated rings. The number of aromatic amines is 1. The zero-order valence-corrected chi connectivity index (χ0v) is 7.50. The molecule has 5 nitrogen and oxygen atoms in total. The Morgan fingerprint density at radius 3 is 3.08 bits per heavy atom. The molecule has 0 bridgehead atoms. The molecule has 0 saturated heterocycles. The Kier molecular flexibility index (Phi) is 3.45. The van der Waals surface area contributed by atoms with Gasteiger partial charge in [-0.25, -0.2) is 0 Å². The van der Waals surface area contributed by atoms with E-state index in [0.29, 0.717) is 18.7 Å². The van der Waals surface area contributed by atoms with Crippen LogP contribution in [0, 0.1) is 6.92 Å². The summed E-state index contributed by atoms with van der Waals surface area (Å²) in [6, 6.07) is 1.75. The Morgan fingerprint density at radius 2 is 2.54 bits per heavy atom. The van der Waals surface area contributed by atoms with Crippen LogP contribution in [0.5, 0.6) is 0 Å². The van der Waals surface area contributed by atoms with Crippen molar-refractivity contribution < 1.29 is 9.90 Å². The molecule has 0 unspecified atom stereocenters. The van der Waals surface area contributed by atoms with E-state index in [9.17, 15) is 4.79 Å². The van der Waals surface area contributed by atoms with Gasteiger partial charge in [0.1, 0.15) is 0 Å². The summed E-state index contributed by atoms with van der Waals surface area (Å²) in [6.07, 6.45) is 0.803. The Labute approximate surface area is 76.2 Å². The largest absolute Gasteiger partial charge is 0.396 e. The molecule has 1 aromatic rings. The van der Waals surface area contributed by atoms with Gasteiger partial charge >= 0.3 is 0 Å². The van der Waals surface area contributed by atoms with E-state index in [1.807, 2.05) is 6.92 Å². The van der Waals surface area contributed by atoms with Crippen molar-refractivity contribution >= 4 is 11.7 Å². The summed E-state index contributed by atoms with van der Waals surface area (Å²) in [5.74, 6) is 0.404. The molecule has 0 aliphatic carbocycles. The van der Waals surface area contributed by atoms with Crippen LogP contribution in [0.1, 0.15) is 18.5 Å². The highest BCUT2D eigenvalue weighted by Crippen LogP contribution is 2.04. The lowest BCUT2D eigenvalue weighted by Gasteiger charge is -1.98. The van der Waals surface area contributed by atoms with Gasteiger partial charge in [0, 0.05) is 24.8 Å². The zero-order valence-electron chi connectivity index (χ0n) is 7.50. The van der Waals surface area contributed by atoms with E-state index in [1.54, 1.807) is 6.07 Å². The standard InChI is InChI=1S/C8H13N3O2/c1-6-5-7(11-10-6)9-8(13)3-2-4-12/h5,12H,2-4H2,1H3,(H2,9,10,11,13). The lowest BCUT2D eigenvalue weighted by molar-refractivity contribution is -0.116. The first-order valence-corrected chi connectivity index (χ1v) is 4.15. The van der Waals surface area contributed by atoms with Gasteiger partial charge in [0.2, 0.25) is 5.91 Å². The maximum Gasteiger partial charge on any atom is 0.225 e. The summed E-state index contributed by atoms with van der Waals surface area (Å²) in [5.41, 5.74) is 0.900. The summed E-state index contributed by atoms with van der Waals surface area (Å²) < 4.78 is 0. The third kappa shape index (κ3) is 3.25. The molecule has 0 aliphatic rings. The van der Waals surface area contributed by atoms with E-state index >= 15 is 0 Å². The molecular formula is C8H13N3O2. The first-order chi connectivity index (χ1) is 6.22. The predicted octanol–water partition coefficient (Wildman–Crippen LogP) is 0.429. The van der Waals surface area contributed by atoms with Crippen LogP contribution in [0.15, 0.2) is 6.07 Å². The summed E-state index contributed by atoms with van der Waals surface area (Å²) in [7, 11) is 0. The average Bonchev–Trinajstić information content (AvgIpc) is 2.48. The van der Waals surface area contributed by atoms with Gasteiger partial charge in [-0.15, -0.1) is 0 Å². The van der Waals surface area contributed by atoms with E-state index in [2.05, 4.69) is 15.5 Å². The quantitative estimate of drug-likeness (QED) is 0.633. The number of aliphatic hydroxyl groups is 1. The van der Waals surface area contributed by atoms with Gasteiger partial charge in [-0.2, -0.15) is 5.10 Å². The minimum Gasteiger partial charge on any atom is -0.396 e. The topological polar surface area (TPSA) is 78.0 Å². The summed E-state index contributed by atoms with van der Waals surface area (Å²) >= 11 is 0. The van der Waals surface area contributed by atoms with Gasteiger partial charge in [0.25, 0.3) is 0 Å². The van der Waals surface area contributed by atoms with Crippen molar-refractivity contribution in [3.63, 3.8) is 0 Å². The number of H-pyrrole nitrogens is 1. The van der Waals surface area contributed by atoms with Crippen molar-refractivity contribution in [3.8, 4) is 0 Å². The number of carbonyl (C=O) groups is 1. The van der Waals surface area contributed by atoms with Crippen LogP contribution in [0.3, 0.4) is 0 Å². The van der Waals surface area contributed by atoms with E-state index in [4.69, 9.17) is 5.11 Å². The van der Waals surface area contributed by atoms with Crippen molar-refractivity contribution in [3.05, 3.63) is 11.8 Å². The summed E-state index contributed by atoms with van der Waals surface area (Å²) in [6.45, 7) is 1.89. The van der Waals surface area contributed by atoms with E-state index in [0.717, 1.165) is 5.69 Å². The van der Waals surface area contributed by atoms with Crippen molar-refractivity contribution in [1.29, 1.82) is 0 Å². The Morgan fingerprint density at radius 1 is 1.77 bits per heavy atom. The van der Waals surface area contributed by atoms with Gasteiger partial charge in [0.05, 0.1) is 0 Å². The number of anilines is 1. The molecule has 72 valence electrons. The number of rotatable bonds is 4. The molecule has 1 amide bonds. The first-order valence-electron chi connectivity index (χ1n) is 4.15. The molecule has 1 aromatic heterocycles. The van der Waals surface area contributed by atoms with Crippen LogP contribution in [-0.4, -0.2) is 27.8 Å². The molecule has 13 heavy (non-hydrogen) atoms. The molecule has 0 saturated carbocycles. The van der Waals surface area contributed by atoms with Crippen LogP contribution in [-0.2, 0) is 4.79 Å². The predicted molar refractivity (Wildman–Crippen MR) is 48.3 cm³/mol. The van der Waals surface area contributed by atoms with Crippen molar-refractivity contribution in [2.75, 3.05) is 11.9 Å². The number of nitrogens with zero attached hydrogens (tertiary/aromatic N) is 1. The number of aromatic nitrogens is 2. The SMILES string of the molecule is Cc1cc(NC(=O)CCCO)n[nH]1. The average molecular weight is 183 g/mol. The fraction of sp³-hybridized carbons (Fsp3) is 0.500. The minimum atomic E-state index is -0.124. The van der Waals surface area contributed by atoms with Gasteiger partial charge in [-0.3, -0.25) is 9.89 Å². The lowest BCUT2D eigenvalue weighted by atomic mass is 10.3. The number of hydrogen-bond donors (Lipinski definition) is 3. The fourth-order valence-corrected chi connectivity index (χ4v) is 0.927. The third-order valence-corrected chi connectivity index (χ3v) is 1.54. The van der Waals surface area contributed by atoms with Crippen molar-refractivity contribution in [1.82, 2.24) is 10.2 Å². The van der Waals surface area contributed by atoms with Crippen LogP contribution >= 0.6 is 0 Å². The van der Waals surface area contributed by atoms with E-state index < -0.39 is 0 Å². The third-order valence-electron chi connectivity index (χ3n) is 1.54. The molecule has 0 aromatic carbocycles. The molecule has 1 rings (SSSR count). The van der Waals surface area contributed by atoms with Gasteiger partial charge < -0.3 is 10.4 Å². The highest BCUT2D eigenvalue weighted by atomic mass is 16.3. The van der Waals surface area contributed by atoms with Crippen LogP contribution < -0.4 is 5.32 Å². The number of aryl methyl sites for hydroxylation is 1. The zero-order chi connectivity index (χ0) is 9.68. The lowest BCUT2D eigenvalue weighted by Crippen LogP contribution is -2.11. The van der Waals surface area contributed by atoms with Crippen molar-refractivity contribution in [2.24, 2.45) is 0 Å². The summed E-state index contributed by atoms with van der Waals surface area (Å²) in [5, 5.41) is 17.6. The molecule has 1 heterocycles. The van der Waals surface area contributed by atoms with Gasteiger partial charge in [0.15, 0.2) is 5.82 Å². The summed E-state index contributed by atoms with van der Waals surface area (Å²) in [4.78, 5) is 11.1. The van der Waals surface area contributed by atoms with Gasteiger partial charge in [-0.05, 0) is 13.3 Å². The number of aliphatic hydroxyl groups excluding tert-OH is 1. The molecular weight excluding hydrogens is 170 g/mol. The number of amides is 1. The fourth-order valence-electron chi connectivity index (χ4n) is 0.927. The van der Waals surface area contributed by atoms with Crippen molar-refractivity contribution in [2.45, 2.75) is 19.8 Å². The molecule has 3 N–H and O–H groups in total. The normalized spacial score (nSPS) is 10.0. The minimum absolute atomic E-state index is 0.0347. The maximum atomic E-state index is 11.1. The molecule has 0 aliphatic heterocycles. The Bertz CT molecular complexity index is 283. The van der Waals surface area contributed by atoms with E-state index in [-0.39, 0.29) is 12.5 Å². The number of hydrogen-bond acceptors (Lipinski definition) is 3. The molecule has 0 spiro atoms.